The highest BCUT2D eigenvalue weighted by atomic mass is 16.6. The first-order valence-electron chi connectivity index (χ1n) is 7.98. The van der Waals surface area contributed by atoms with Crippen LogP contribution in [0.2, 0.25) is 0 Å². The Kier molecular flexibility index (Phi) is 4.91. The zero-order chi connectivity index (χ0) is 16.9. The van der Waals surface area contributed by atoms with Gasteiger partial charge in [-0.25, -0.2) is 0 Å². The molecule has 3 rings (SSSR count). The van der Waals surface area contributed by atoms with Crippen molar-refractivity contribution in [1.29, 1.82) is 0 Å². The molecule has 1 amide bonds. The molecule has 1 aliphatic heterocycles. The van der Waals surface area contributed by atoms with E-state index in [9.17, 15) is 4.79 Å². The molecule has 0 fully saturated rings. The van der Waals surface area contributed by atoms with Crippen molar-refractivity contribution in [3.05, 3.63) is 60.2 Å². The van der Waals surface area contributed by atoms with E-state index in [1.165, 1.54) is 12.5 Å². The minimum absolute atomic E-state index is 0.198. The van der Waals surface area contributed by atoms with Gasteiger partial charge in [0.2, 0.25) is 5.91 Å². The molecule has 2 aromatic carbocycles. The van der Waals surface area contributed by atoms with Crippen molar-refractivity contribution in [2.75, 3.05) is 6.54 Å². The smallest absolute Gasteiger partial charge is 0.248 e. The number of hydrogen-bond acceptors (Lipinski definition) is 4. The largest absolute Gasteiger partial charge is 0.390 e. The maximum absolute atomic E-state index is 11.4. The quantitative estimate of drug-likeness (QED) is 0.887. The number of benzene rings is 2. The van der Waals surface area contributed by atoms with Crippen molar-refractivity contribution < 1.29 is 14.7 Å². The number of amides is 1. The number of oxime groups is 1. The molecule has 1 heterocycles. The van der Waals surface area contributed by atoms with Gasteiger partial charge in [0.15, 0.2) is 0 Å². The minimum atomic E-state index is -1.02. The summed E-state index contributed by atoms with van der Waals surface area (Å²) in [7, 11) is 0. The monoisotopic (exact) mass is 324 g/mol. The van der Waals surface area contributed by atoms with Crippen LogP contribution in [0.25, 0.3) is 11.1 Å². The summed E-state index contributed by atoms with van der Waals surface area (Å²) in [4.78, 5) is 16.7. The van der Waals surface area contributed by atoms with Crippen molar-refractivity contribution >= 4 is 11.6 Å². The lowest BCUT2D eigenvalue weighted by atomic mass is 10.00. The normalized spacial score (nSPS) is 17.8. The van der Waals surface area contributed by atoms with Crippen LogP contribution in [-0.4, -0.2) is 35.5 Å². The average molecular weight is 324 g/mol. The minimum Gasteiger partial charge on any atom is -0.390 e. The molecule has 0 aliphatic carbocycles. The molecule has 2 N–H and O–H groups in total. The van der Waals surface area contributed by atoms with E-state index in [1.54, 1.807) is 0 Å². The number of carbonyl (C=O) groups excluding carboxylic acids is 1. The van der Waals surface area contributed by atoms with E-state index in [2.05, 4.69) is 34.7 Å². The van der Waals surface area contributed by atoms with Crippen molar-refractivity contribution in [1.82, 2.24) is 5.32 Å². The fraction of sp³-hybridized carbons (Fsp3) is 0.263. The van der Waals surface area contributed by atoms with Gasteiger partial charge in [-0.15, -0.1) is 0 Å². The first-order valence-corrected chi connectivity index (χ1v) is 7.98. The number of nitrogens with zero attached hydrogens (tertiary/aromatic N) is 1. The molecular weight excluding hydrogens is 304 g/mol. The van der Waals surface area contributed by atoms with Gasteiger partial charge < -0.3 is 15.3 Å². The fourth-order valence-electron chi connectivity index (χ4n) is 2.56. The summed E-state index contributed by atoms with van der Waals surface area (Å²) in [6.07, 6.45) is -0.584. The molecule has 0 saturated heterocycles. The number of nitrogens with one attached hydrogen (secondary N) is 1. The Hall–Kier alpha value is -2.66. The van der Waals surface area contributed by atoms with Gasteiger partial charge in [0, 0.05) is 6.42 Å². The molecule has 5 heteroatoms. The zero-order valence-electron chi connectivity index (χ0n) is 13.5. The number of aliphatic hydroxyl groups is 1. The molecule has 2 unspecified atom stereocenters. The molecule has 0 saturated carbocycles. The molecule has 2 atom stereocenters. The van der Waals surface area contributed by atoms with Crippen LogP contribution in [0.5, 0.6) is 0 Å². The molecule has 5 nitrogen and oxygen atoms in total. The zero-order valence-corrected chi connectivity index (χ0v) is 13.5. The fourth-order valence-corrected chi connectivity index (χ4v) is 2.56. The first kappa shape index (κ1) is 16.2. The van der Waals surface area contributed by atoms with Crippen LogP contribution in [0.1, 0.15) is 18.9 Å². The summed E-state index contributed by atoms with van der Waals surface area (Å²) >= 11 is 0. The van der Waals surface area contributed by atoms with E-state index in [-0.39, 0.29) is 6.10 Å². The highest BCUT2D eigenvalue weighted by molar-refractivity contribution is 6.01. The highest BCUT2D eigenvalue weighted by Gasteiger charge is 2.23. The molecule has 0 radical (unpaired) electrons. The van der Waals surface area contributed by atoms with E-state index in [0.29, 0.717) is 13.0 Å². The molecule has 2 aromatic rings. The topological polar surface area (TPSA) is 70.9 Å². The lowest BCUT2D eigenvalue weighted by Crippen LogP contribution is -2.37. The average Bonchev–Trinajstić information content (AvgIpc) is 3.09. The molecule has 24 heavy (non-hydrogen) atoms. The Bertz CT molecular complexity index is 724. The van der Waals surface area contributed by atoms with Crippen LogP contribution in [0.3, 0.4) is 0 Å². The Labute approximate surface area is 141 Å². The van der Waals surface area contributed by atoms with E-state index < -0.39 is 12.0 Å². The van der Waals surface area contributed by atoms with Crippen LogP contribution in [0, 0.1) is 0 Å². The van der Waals surface area contributed by atoms with Gasteiger partial charge in [-0.2, -0.15) is 0 Å². The second kappa shape index (κ2) is 7.27. The van der Waals surface area contributed by atoms with Gasteiger partial charge in [-0.05, 0) is 23.6 Å². The maximum Gasteiger partial charge on any atom is 0.248 e. The predicted octanol–water partition coefficient (Wildman–Crippen LogP) is 2.34. The van der Waals surface area contributed by atoms with E-state index >= 15 is 0 Å². The van der Waals surface area contributed by atoms with Crippen molar-refractivity contribution in [3.63, 3.8) is 0 Å². The van der Waals surface area contributed by atoms with Crippen molar-refractivity contribution in [2.24, 2.45) is 5.16 Å². The SMILES string of the molecule is CC(O)C(=O)NCC1CC(c2ccc(-c3ccccc3)cc2)=NO1. The third kappa shape index (κ3) is 3.81. The van der Waals surface area contributed by atoms with Crippen molar-refractivity contribution in [2.45, 2.75) is 25.6 Å². The third-order valence-corrected chi connectivity index (χ3v) is 3.94. The summed E-state index contributed by atoms with van der Waals surface area (Å²) < 4.78 is 0. The Morgan fingerprint density at radius 2 is 1.79 bits per heavy atom. The lowest BCUT2D eigenvalue weighted by molar-refractivity contribution is -0.129. The van der Waals surface area contributed by atoms with Crippen LogP contribution < -0.4 is 5.32 Å². The number of aliphatic hydroxyl groups excluding tert-OH is 1. The van der Waals surface area contributed by atoms with Crippen LogP contribution in [0.4, 0.5) is 0 Å². The summed E-state index contributed by atoms with van der Waals surface area (Å²) in [6.45, 7) is 1.76. The highest BCUT2D eigenvalue weighted by Crippen LogP contribution is 2.22. The van der Waals surface area contributed by atoms with Gasteiger partial charge in [0.05, 0.1) is 12.3 Å². The predicted molar refractivity (Wildman–Crippen MR) is 92.6 cm³/mol. The molecule has 0 spiro atoms. The van der Waals surface area contributed by atoms with E-state index in [4.69, 9.17) is 9.94 Å². The van der Waals surface area contributed by atoms with E-state index in [0.717, 1.165) is 16.8 Å². The summed E-state index contributed by atoms with van der Waals surface area (Å²) in [5.41, 5.74) is 4.21. The number of hydrogen-bond donors (Lipinski definition) is 2. The lowest BCUT2D eigenvalue weighted by Gasteiger charge is -2.11. The second-order valence-electron chi connectivity index (χ2n) is 5.83. The Balaban J connectivity index is 1.59. The Morgan fingerprint density at radius 1 is 1.17 bits per heavy atom. The molecular formula is C19H20N2O3. The number of carbonyl (C=O) groups is 1. The van der Waals surface area contributed by atoms with Gasteiger partial charge in [0.25, 0.3) is 0 Å². The molecule has 0 aromatic heterocycles. The second-order valence-corrected chi connectivity index (χ2v) is 5.83. The first-order chi connectivity index (χ1) is 11.6. The summed E-state index contributed by atoms with van der Waals surface area (Å²) in [5, 5.41) is 15.9. The Morgan fingerprint density at radius 3 is 2.46 bits per heavy atom. The third-order valence-electron chi connectivity index (χ3n) is 3.94. The van der Waals surface area contributed by atoms with Gasteiger partial charge in [-0.1, -0.05) is 59.8 Å². The van der Waals surface area contributed by atoms with Crippen LogP contribution in [0.15, 0.2) is 59.8 Å². The molecule has 124 valence electrons. The summed E-state index contributed by atoms with van der Waals surface area (Å²) in [6, 6.07) is 18.4. The van der Waals surface area contributed by atoms with Gasteiger partial charge in [-0.3, -0.25) is 4.79 Å². The van der Waals surface area contributed by atoms with Gasteiger partial charge >= 0.3 is 0 Å². The summed E-state index contributed by atoms with van der Waals surface area (Å²) in [5.74, 6) is -0.403. The number of rotatable bonds is 5. The van der Waals surface area contributed by atoms with E-state index in [1.807, 2.05) is 30.3 Å². The maximum atomic E-state index is 11.4. The molecule has 1 aliphatic rings. The molecule has 0 bridgehead atoms. The van der Waals surface area contributed by atoms with Crippen LogP contribution >= 0.6 is 0 Å². The standard InChI is InChI=1S/C19H20N2O3/c1-13(22)19(23)20-12-17-11-18(21-24-17)16-9-7-15(8-10-16)14-5-3-2-4-6-14/h2-10,13,17,22H,11-12H2,1H3,(H,20,23). The van der Waals surface area contributed by atoms with Crippen LogP contribution in [-0.2, 0) is 9.63 Å². The van der Waals surface area contributed by atoms with Crippen molar-refractivity contribution in [3.8, 4) is 11.1 Å². The van der Waals surface area contributed by atoms with Gasteiger partial charge in [0.1, 0.15) is 12.2 Å².